The lowest BCUT2D eigenvalue weighted by Gasteiger charge is -2.03. The van der Waals surface area contributed by atoms with E-state index in [1.54, 1.807) is 7.11 Å². The predicted molar refractivity (Wildman–Crippen MR) is 74.9 cm³/mol. The number of hydrogen-bond donors (Lipinski definition) is 1. The van der Waals surface area contributed by atoms with Crippen molar-refractivity contribution in [2.24, 2.45) is 0 Å². The van der Waals surface area contributed by atoms with Gasteiger partial charge in [0.2, 0.25) is 5.89 Å². The molecule has 0 unspecified atom stereocenters. The highest BCUT2D eigenvalue weighted by atomic mass is 32.2. The molecule has 1 N–H and O–H groups in total. The van der Waals surface area contributed by atoms with Gasteiger partial charge in [-0.2, -0.15) is 4.98 Å². The van der Waals surface area contributed by atoms with Gasteiger partial charge in [0.25, 0.3) is 5.91 Å². The number of carbonyl (C=O) groups is 1. The Morgan fingerprint density at radius 2 is 2.19 bits per heavy atom. The van der Waals surface area contributed by atoms with Gasteiger partial charge in [0.1, 0.15) is 6.61 Å². The topological polar surface area (TPSA) is 103 Å². The van der Waals surface area contributed by atoms with Crippen molar-refractivity contribution >= 4 is 17.7 Å². The molecule has 0 aliphatic carbocycles. The molecule has 0 fully saturated rings. The van der Waals surface area contributed by atoms with Crippen molar-refractivity contribution in [2.45, 2.75) is 18.2 Å². The van der Waals surface area contributed by atoms with Crippen LogP contribution in [0.15, 0.2) is 22.1 Å². The molecule has 0 bridgehead atoms. The quantitative estimate of drug-likeness (QED) is 0.589. The van der Waals surface area contributed by atoms with Gasteiger partial charge in [-0.25, -0.2) is 9.97 Å². The van der Waals surface area contributed by atoms with Gasteiger partial charge >= 0.3 is 0 Å². The highest BCUT2D eigenvalue weighted by Crippen LogP contribution is 2.07. The zero-order chi connectivity index (χ0) is 15.1. The maximum Gasteiger partial charge on any atom is 0.254 e. The van der Waals surface area contributed by atoms with Crippen LogP contribution >= 0.6 is 11.8 Å². The molecular formula is C12H15N5O3S. The molecule has 2 aromatic heterocycles. The van der Waals surface area contributed by atoms with Crippen molar-refractivity contribution < 1.29 is 14.1 Å². The van der Waals surface area contributed by atoms with Crippen LogP contribution in [0.5, 0.6) is 0 Å². The number of thioether (sulfide) groups is 1. The second kappa shape index (κ2) is 7.70. The van der Waals surface area contributed by atoms with E-state index in [0.717, 1.165) is 0 Å². The van der Waals surface area contributed by atoms with E-state index in [1.807, 2.05) is 6.26 Å². The first kappa shape index (κ1) is 15.4. The van der Waals surface area contributed by atoms with Crippen molar-refractivity contribution in [3.8, 4) is 0 Å². The molecule has 1 amide bonds. The van der Waals surface area contributed by atoms with E-state index in [9.17, 15) is 4.79 Å². The van der Waals surface area contributed by atoms with Crippen LogP contribution in [0.1, 0.15) is 22.1 Å². The van der Waals surface area contributed by atoms with Crippen LogP contribution in [0.2, 0.25) is 0 Å². The number of hydrogen-bond acceptors (Lipinski definition) is 8. The van der Waals surface area contributed by atoms with Crippen LogP contribution < -0.4 is 5.32 Å². The number of nitrogens with one attached hydrogen (secondary N) is 1. The van der Waals surface area contributed by atoms with Crippen molar-refractivity contribution in [1.29, 1.82) is 0 Å². The molecule has 21 heavy (non-hydrogen) atoms. The number of rotatable bonds is 7. The number of carbonyl (C=O) groups excluding carboxylic acids is 1. The monoisotopic (exact) mass is 309 g/mol. The molecule has 0 spiro atoms. The fraction of sp³-hybridized carbons (Fsp3) is 0.417. The predicted octanol–water partition coefficient (Wildman–Crippen LogP) is 0.700. The van der Waals surface area contributed by atoms with Crippen LogP contribution in [0.4, 0.5) is 0 Å². The highest BCUT2D eigenvalue weighted by molar-refractivity contribution is 7.98. The van der Waals surface area contributed by atoms with E-state index in [1.165, 1.54) is 24.2 Å². The molecule has 2 heterocycles. The third kappa shape index (κ3) is 4.50. The van der Waals surface area contributed by atoms with Crippen molar-refractivity contribution in [3.05, 3.63) is 29.7 Å². The summed E-state index contributed by atoms with van der Waals surface area (Å²) in [5.41, 5.74) is 0.415. The number of ether oxygens (including phenoxy) is 1. The molecule has 8 nitrogen and oxygen atoms in total. The molecule has 0 radical (unpaired) electrons. The van der Waals surface area contributed by atoms with Crippen molar-refractivity contribution in [3.63, 3.8) is 0 Å². The molecule has 2 aromatic rings. The van der Waals surface area contributed by atoms with Gasteiger partial charge in [-0.05, 0) is 6.26 Å². The average molecular weight is 309 g/mol. The van der Waals surface area contributed by atoms with E-state index in [4.69, 9.17) is 9.26 Å². The van der Waals surface area contributed by atoms with Gasteiger partial charge in [0, 0.05) is 32.5 Å². The summed E-state index contributed by atoms with van der Waals surface area (Å²) < 4.78 is 9.91. The van der Waals surface area contributed by atoms with E-state index in [2.05, 4.69) is 25.4 Å². The fourth-order valence-corrected chi connectivity index (χ4v) is 1.82. The van der Waals surface area contributed by atoms with Crippen LogP contribution in [-0.2, 0) is 17.8 Å². The number of aromatic nitrogens is 4. The third-order valence-electron chi connectivity index (χ3n) is 2.48. The number of nitrogens with zero attached hydrogens (tertiary/aromatic N) is 4. The lowest BCUT2D eigenvalue weighted by molar-refractivity contribution is 0.0952. The first-order valence-corrected chi connectivity index (χ1v) is 7.40. The smallest absolute Gasteiger partial charge is 0.254 e. The minimum Gasteiger partial charge on any atom is -0.377 e. The molecular weight excluding hydrogens is 294 g/mol. The number of methoxy groups -OCH3 is 1. The first-order valence-electron chi connectivity index (χ1n) is 6.17. The fourth-order valence-electron chi connectivity index (χ4n) is 1.50. The second-order valence-corrected chi connectivity index (χ2v) is 4.78. The maximum atomic E-state index is 11.9. The van der Waals surface area contributed by atoms with Gasteiger partial charge < -0.3 is 14.6 Å². The van der Waals surface area contributed by atoms with Crippen molar-refractivity contribution in [1.82, 2.24) is 25.4 Å². The van der Waals surface area contributed by atoms with E-state index < -0.39 is 0 Å². The standard InChI is InChI=1S/C12H15N5O3S/c1-19-7-9-16-10(20-17-9)3-4-13-11(18)8-5-14-12(21-2)15-6-8/h5-6H,3-4,7H2,1-2H3,(H,13,18). The van der Waals surface area contributed by atoms with Gasteiger partial charge in [-0.15, -0.1) is 0 Å². The molecule has 0 saturated heterocycles. The summed E-state index contributed by atoms with van der Waals surface area (Å²) in [5.74, 6) is 0.704. The first-order chi connectivity index (χ1) is 10.2. The molecule has 0 aliphatic heterocycles. The number of amides is 1. The summed E-state index contributed by atoms with van der Waals surface area (Å²) >= 11 is 1.42. The van der Waals surface area contributed by atoms with Crippen LogP contribution in [0.25, 0.3) is 0 Å². The Bertz CT molecular complexity index is 587. The largest absolute Gasteiger partial charge is 0.377 e. The Labute approximate surface area is 125 Å². The minimum atomic E-state index is -0.237. The lowest BCUT2D eigenvalue weighted by atomic mass is 10.3. The maximum absolute atomic E-state index is 11.9. The summed E-state index contributed by atoms with van der Waals surface area (Å²) in [6.45, 7) is 0.687. The van der Waals surface area contributed by atoms with Crippen LogP contribution in [0.3, 0.4) is 0 Å². The average Bonchev–Trinajstić information content (AvgIpc) is 2.95. The molecule has 0 aliphatic rings. The Hall–Kier alpha value is -2.00. The Kier molecular flexibility index (Phi) is 5.64. The highest BCUT2D eigenvalue weighted by Gasteiger charge is 2.09. The minimum absolute atomic E-state index is 0.237. The summed E-state index contributed by atoms with van der Waals surface area (Å²) in [5, 5.41) is 7.10. The second-order valence-electron chi connectivity index (χ2n) is 4.00. The van der Waals surface area contributed by atoms with Gasteiger partial charge in [0.05, 0.1) is 5.56 Å². The summed E-state index contributed by atoms with van der Waals surface area (Å²) in [7, 11) is 1.56. The molecule has 0 atom stereocenters. The zero-order valence-corrected chi connectivity index (χ0v) is 12.5. The summed E-state index contributed by atoms with van der Waals surface area (Å²) in [6, 6.07) is 0. The van der Waals surface area contributed by atoms with Crippen LogP contribution in [-0.4, -0.2) is 45.9 Å². The zero-order valence-electron chi connectivity index (χ0n) is 11.7. The third-order valence-corrected chi connectivity index (χ3v) is 3.06. The van der Waals surface area contributed by atoms with E-state index in [-0.39, 0.29) is 5.91 Å². The molecule has 112 valence electrons. The summed E-state index contributed by atoms with van der Waals surface area (Å²) in [4.78, 5) is 24.1. The van der Waals surface area contributed by atoms with Crippen LogP contribution in [0, 0.1) is 0 Å². The Balaban J connectivity index is 1.80. The molecule has 2 rings (SSSR count). The summed E-state index contributed by atoms with van der Waals surface area (Å²) in [6.07, 6.45) is 5.32. The van der Waals surface area contributed by atoms with Gasteiger partial charge in [-0.1, -0.05) is 16.9 Å². The normalized spacial score (nSPS) is 10.6. The van der Waals surface area contributed by atoms with E-state index >= 15 is 0 Å². The lowest BCUT2D eigenvalue weighted by Crippen LogP contribution is -2.26. The van der Waals surface area contributed by atoms with Gasteiger partial charge in [-0.3, -0.25) is 4.79 Å². The van der Waals surface area contributed by atoms with Crippen molar-refractivity contribution in [2.75, 3.05) is 19.9 Å². The van der Waals surface area contributed by atoms with E-state index in [0.29, 0.717) is 42.0 Å². The SMILES string of the molecule is COCc1noc(CCNC(=O)c2cnc(SC)nc2)n1. The molecule has 9 heteroatoms. The Morgan fingerprint density at radius 1 is 1.43 bits per heavy atom. The Morgan fingerprint density at radius 3 is 2.86 bits per heavy atom. The molecule has 0 saturated carbocycles. The molecule has 0 aromatic carbocycles. The van der Waals surface area contributed by atoms with Gasteiger partial charge in [0.15, 0.2) is 11.0 Å².